The van der Waals surface area contributed by atoms with Gasteiger partial charge in [-0.25, -0.2) is 9.97 Å². The normalized spacial score (nSPS) is 10.6. The zero-order chi connectivity index (χ0) is 10.6. The van der Waals surface area contributed by atoms with Gasteiger partial charge in [-0.05, 0) is 12.8 Å². The quantitative estimate of drug-likeness (QED) is 0.741. The van der Waals surface area contributed by atoms with E-state index in [1.807, 2.05) is 6.92 Å². The van der Waals surface area contributed by atoms with Crippen LogP contribution in [0, 0.1) is 0 Å². The van der Waals surface area contributed by atoms with Crippen molar-refractivity contribution >= 4 is 23.2 Å². The summed E-state index contributed by atoms with van der Waals surface area (Å²) in [7, 11) is 0. The lowest BCUT2D eigenvalue weighted by Crippen LogP contribution is -2.00. The maximum atomic E-state index is 5.98. The maximum absolute atomic E-state index is 5.98. The molecule has 0 fully saturated rings. The fraction of sp³-hybridized carbons (Fsp3) is 0.600. The molecule has 0 spiro atoms. The third-order valence-electron chi connectivity index (χ3n) is 2.06. The summed E-state index contributed by atoms with van der Waals surface area (Å²) in [6.07, 6.45) is 3.80. The van der Waals surface area contributed by atoms with E-state index in [0.717, 1.165) is 37.1 Å². The number of unbranched alkanes of at least 4 members (excludes halogenated alkanes) is 1. The average molecular weight is 233 g/mol. The Labute approximate surface area is 94.7 Å². The van der Waals surface area contributed by atoms with Crippen molar-refractivity contribution < 1.29 is 0 Å². The van der Waals surface area contributed by atoms with Gasteiger partial charge < -0.3 is 0 Å². The molecule has 0 unspecified atom stereocenters. The monoisotopic (exact) mass is 232 g/mol. The highest BCUT2D eigenvalue weighted by Gasteiger charge is 2.09. The zero-order valence-electron chi connectivity index (χ0n) is 8.48. The highest BCUT2D eigenvalue weighted by molar-refractivity contribution is 6.34. The van der Waals surface area contributed by atoms with Gasteiger partial charge in [-0.1, -0.05) is 43.5 Å². The molecule has 0 aliphatic rings. The molecule has 14 heavy (non-hydrogen) atoms. The van der Waals surface area contributed by atoms with Gasteiger partial charge in [0.1, 0.15) is 16.1 Å². The fourth-order valence-corrected chi connectivity index (χ4v) is 1.90. The summed E-state index contributed by atoms with van der Waals surface area (Å²) in [6.45, 7) is 4.12. The molecular weight excluding hydrogens is 219 g/mol. The molecule has 1 aromatic rings. The molecule has 1 aromatic heterocycles. The first kappa shape index (κ1) is 11.7. The van der Waals surface area contributed by atoms with E-state index in [-0.39, 0.29) is 0 Å². The Balaban J connectivity index is 2.90. The molecular formula is C10H14Cl2N2. The van der Waals surface area contributed by atoms with E-state index in [2.05, 4.69) is 16.9 Å². The minimum atomic E-state index is 0.499. The summed E-state index contributed by atoms with van der Waals surface area (Å²) in [4.78, 5) is 8.42. The second-order valence-corrected chi connectivity index (χ2v) is 3.87. The van der Waals surface area contributed by atoms with Gasteiger partial charge in [0.2, 0.25) is 0 Å². The largest absolute Gasteiger partial charge is 0.221 e. The van der Waals surface area contributed by atoms with Crippen molar-refractivity contribution in [1.82, 2.24) is 9.97 Å². The summed E-state index contributed by atoms with van der Waals surface area (Å²) in [5.41, 5.74) is 0.841. The standard InChI is InChI=1S/C10H14Cl2N2/c1-3-5-6-8-13-9(11)7(4-2)10(12)14-8/h3-6H2,1-2H3. The van der Waals surface area contributed by atoms with E-state index < -0.39 is 0 Å². The van der Waals surface area contributed by atoms with Crippen LogP contribution in [0.4, 0.5) is 0 Å². The van der Waals surface area contributed by atoms with Crippen LogP contribution in [0.25, 0.3) is 0 Å². The Morgan fingerprint density at radius 3 is 2.07 bits per heavy atom. The van der Waals surface area contributed by atoms with Gasteiger partial charge in [-0.15, -0.1) is 0 Å². The SMILES string of the molecule is CCCCc1nc(Cl)c(CC)c(Cl)n1. The highest BCUT2D eigenvalue weighted by atomic mass is 35.5. The molecule has 0 amide bonds. The van der Waals surface area contributed by atoms with E-state index in [9.17, 15) is 0 Å². The number of rotatable bonds is 4. The topological polar surface area (TPSA) is 25.8 Å². The van der Waals surface area contributed by atoms with E-state index in [4.69, 9.17) is 23.2 Å². The van der Waals surface area contributed by atoms with Crippen LogP contribution in [-0.2, 0) is 12.8 Å². The first-order valence-electron chi connectivity index (χ1n) is 4.89. The molecule has 0 bridgehead atoms. The van der Waals surface area contributed by atoms with Crippen LogP contribution in [-0.4, -0.2) is 9.97 Å². The van der Waals surface area contributed by atoms with Crippen molar-refractivity contribution in [2.24, 2.45) is 0 Å². The molecule has 4 heteroatoms. The molecule has 0 aromatic carbocycles. The van der Waals surface area contributed by atoms with Gasteiger partial charge in [-0.2, -0.15) is 0 Å². The van der Waals surface area contributed by atoms with E-state index >= 15 is 0 Å². The Morgan fingerprint density at radius 1 is 1.07 bits per heavy atom. The van der Waals surface area contributed by atoms with Crippen molar-refractivity contribution in [2.75, 3.05) is 0 Å². The Hall–Kier alpha value is -0.340. The van der Waals surface area contributed by atoms with Crippen molar-refractivity contribution in [3.8, 4) is 0 Å². The molecule has 0 aliphatic carbocycles. The molecule has 0 saturated carbocycles. The highest BCUT2D eigenvalue weighted by Crippen LogP contribution is 2.21. The smallest absolute Gasteiger partial charge is 0.137 e. The van der Waals surface area contributed by atoms with Gasteiger partial charge in [0, 0.05) is 12.0 Å². The van der Waals surface area contributed by atoms with Crippen LogP contribution >= 0.6 is 23.2 Å². The molecule has 0 N–H and O–H groups in total. The molecule has 1 rings (SSSR count). The lowest BCUT2D eigenvalue weighted by Gasteiger charge is -2.05. The molecule has 0 saturated heterocycles. The molecule has 1 heterocycles. The van der Waals surface area contributed by atoms with Crippen molar-refractivity contribution in [3.63, 3.8) is 0 Å². The van der Waals surface area contributed by atoms with Gasteiger partial charge in [0.25, 0.3) is 0 Å². The first-order valence-corrected chi connectivity index (χ1v) is 5.65. The van der Waals surface area contributed by atoms with Gasteiger partial charge in [-0.3, -0.25) is 0 Å². The van der Waals surface area contributed by atoms with Crippen LogP contribution in [0.15, 0.2) is 0 Å². The predicted octanol–water partition coefficient (Wildman–Crippen LogP) is 3.69. The van der Waals surface area contributed by atoms with Crippen molar-refractivity contribution in [2.45, 2.75) is 39.5 Å². The average Bonchev–Trinajstić information content (AvgIpc) is 2.14. The Morgan fingerprint density at radius 2 is 1.64 bits per heavy atom. The zero-order valence-corrected chi connectivity index (χ0v) is 9.99. The number of hydrogen-bond donors (Lipinski definition) is 0. The molecule has 0 atom stereocenters. The lowest BCUT2D eigenvalue weighted by molar-refractivity contribution is 0.749. The number of hydrogen-bond acceptors (Lipinski definition) is 2. The number of aromatic nitrogens is 2. The van der Waals surface area contributed by atoms with Crippen LogP contribution in [0.3, 0.4) is 0 Å². The van der Waals surface area contributed by atoms with Gasteiger partial charge in [0.05, 0.1) is 0 Å². The van der Waals surface area contributed by atoms with Crippen molar-refractivity contribution in [3.05, 3.63) is 21.7 Å². The first-order chi connectivity index (χ1) is 6.69. The molecule has 0 aliphatic heterocycles. The summed E-state index contributed by atoms with van der Waals surface area (Å²) in [5, 5.41) is 0.997. The van der Waals surface area contributed by atoms with Crippen LogP contribution in [0.2, 0.25) is 10.3 Å². The van der Waals surface area contributed by atoms with Crippen LogP contribution in [0.1, 0.15) is 38.1 Å². The third kappa shape index (κ3) is 2.82. The second kappa shape index (κ2) is 5.52. The second-order valence-electron chi connectivity index (χ2n) is 3.16. The van der Waals surface area contributed by atoms with Gasteiger partial charge >= 0.3 is 0 Å². The Bertz CT molecular complexity index is 290. The number of aryl methyl sites for hydroxylation is 1. The molecule has 0 radical (unpaired) electrons. The molecule has 2 nitrogen and oxygen atoms in total. The summed E-state index contributed by atoms with van der Waals surface area (Å²) < 4.78 is 0. The Kier molecular flexibility index (Phi) is 4.63. The number of halogens is 2. The third-order valence-corrected chi connectivity index (χ3v) is 2.69. The fourth-order valence-electron chi connectivity index (χ4n) is 1.21. The van der Waals surface area contributed by atoms with E-state index in [0.29, 0.717) is 10.3 Å². The van der Waals surface area contributed by atoms with E-state index in [1.165, 1.54) is 0 Å². The number of nitrogens with zero attached hydrogens (tertiary/aromatic N) is 2. The minimum Gasteiger partial charge on any atom is -0.221 e. The summed E-state index contributed by atoms with van der Waals surface area (Å²) >= 11 is 12.0. The summed E-state index contributed by atoms with van der Waals surface area (Å²) in [6, 6.07) is 0. The molecule has 78 valence electrons. The maximum Gasteiger partial charge on any atom is 0.137 e. The summed E-state index contributed by atoms with van der Waals surface area (Å²) in [5.74, 6) is 0.749. The van der Waals surface area contributed by atoms with E-state index in [1.54, 1.807) is 0 Å². The minimum absolute atomic E-state index is 0.499. The van der Waals surface area contributed by atoms with Crippen molar-refractivity contribution in [1.29, 1.82) is 0 Å². The lowest BCUT2D eigenvalue weighted by atomic mass is 10.2. The van der Waals surface area contributed by atoms with Crippen LogP contribution in [0.5, 0.6) is 0 Å². The predicted molar refractivity (Wildman–Crippen MR) is 60.0 cm³/mol. The van der Waals surface area contributed by atoms with Crippen LogP contribution < -0.4 is 0 Å². The van der Waals surface area contributed by atoms with Gasteiger partial charge in [0.15, 0.2) is 0 Å².